The summed E-state index contributed by atoms with van der Waals surface area (Å²) in [5.74, 6) is -1.86. The number of amidine groups is 1. The van der Waals surface area contributed by atoms with Gasteiger partial charge in [-0.2, -0.15) is 13.2 Å². The third-order valence-electron chi connectivity index (χ3n) is 3.48. The SMILES string of the molecule is CC(C1OC2SC(N(C)C)=NC2C(O)C1O)C(F)(F)F. The normalized spacial score (nSPS) is 39.2. The molecule has 2 rings (SSSR count). The van der Waals surface area contributed by atoms with Crippen LogP contribution in [0.1, 0.15) is 6.92 Å². The number of thioether (sulfide) groups is 1. The van der Waals surface area contributed by atoms with Gasteiger partial charge in [0.2, 0.25) is 0 Å². The fourth-order valence-electron chi connectivity index (χ4n) is 2.19. The molecule has 1 fully saturated rings. The lowest BCUT2D eigenvalue weighted by atomic mass is 9.90. The van der Waals surface area contributed by atoms with E-state index in [2.05, 4.69) is 4.99 Å². The average molecular weight is 314 g/mol. The van der Waals surface area contributed by atoms with Gasteiger partial charge >= 0.3 is 6.18 Å². The van der Waals surface area contributed by atoms with Crippen LogP contribution in [-0.2, 0) is 4.74 Å². The van der Waals surface area contributed by atoms with E-state index >= 15 is 0 Å². The molecule has 2 aliphatic rings. The summed E-state index contributed by atoms with van der Waals surface area (Å²) in [6, 6.07) is -0.746. The molecule has 20 heavy (non-hydrogen) atoms. The Morgan fingerprint density at radius 3 is 2.40 bits per heavy atom. The van der Waals surface area contributed by atoms with Crippen molar-refractivity contribution in [2.75, 3.05) is 14.1 Å². The summed E-state index contributed by atoms with van der Waals surface area (Å²) >= 11 is 1.16. The second kappa shape index (κ2) is 5.36. The molecule has 0 aromatic rings. The second-order valence-electron chi connectivity index (χ2n) is 5.20. The summed E-state index contributed by atoms with van der Waals surface area (Å²) in [5, 5.41) is 20.4. The fraction of sp³-hybridized carbons (Fsp3) is 0.909. The largest absolute Gasteiger partial charge is 0.394 e. The van der Waals surface area contributed by atoms with Crippen molar-refractivity contribution in [2.45, 2.75) is 42.9 Å². The third kappa shape index (κ3) is 2.76. The van der Waals surface area contributed by atoms with E-state index in [1.165, 1.54) is 0 Å². The number of aliphatic imine (C=N–C) groups is 1. The number of aliphatic hydroxyl groups is 2. The number of aliphatic hydroxyl groups excluding tert-OH is 2. The Morgan fingerprint density at radius 1 is 1.30 bits per heavy atom. The lowest BCUT2D eigenvalue weighted by Gasteiger charge is -2.41. The summed E-state index contributed by atoms with van der Waals surface area (Å²) in [6.45, 7) is 0.939. The molecule has 0 amide bonds. The molecule has 2 N–H and O–H groups in total. The number of hydrogen-bond acceptors (Lipinski definition) is 6. The van der Waals surface area contributed by atoms with Crippen molar-refractivity contribution in [1.82, 2.24) is 4.90 Å². The van der Waals surface area contributed by atoms with E-state index in [0.717, 1.165) is 18.7 Å². The van der Waals surface area contributed by atoms with Crippen molar-refractivity contribution >= 4 is 16.9 Å². The van der Waals surface area contributed by atoms with Crippen LogP contribution < -0.4 is 0 Å². The van der Waals surface area contributed by atoms with E-state index in [1.54, 1.807) is 19.0 Å². The van der Waals surface area contributed by atoms with Gasteiger partial charge < -0.3 is 19.8 Å². The molecular weight excluding hydrogens is 297 g/mol. The number of rotatable bonds is 1. The number of alkyl halides is 3. The van der Waals surface area contributed by atoms with Crippen LogP contribution in [0.5, 0.6) is 0 Å². The Morgan fingerprint density at radius 2 is 1.90 bits per heavy atom. The zero-order valence-electron chi connectivity index (χ0n) is 11.2. The molecule has 6 unspecified atom stereocenters. The first-order chi connectivity index (χ1) is 9.12. The highest BCUT2D eigenvalue weighted by Gasteiger charge is 2.54. The molecule has 116 valence electrons. The molecule has 0 bridgehead atoms. The van der Waals surface area contributed by atoms with Gasteiger partial charge in [0.1, 0.15) is 23.7 Å². The van der Waals surface area contributed by atoms with Crippen LogP contribution in [0.3, 0.4) is 0 Å². The van der Waals surface area contributed by atoms with Crippen LogP contribution in [0, 0.1) is 5.92 Å². The quantitative estimate of drug-likeness (QED) is 0.744. The predicted octanol–water partition coefficient (Wildman–Crippen LogP) is 0.664. The van der Waals surface area contributed by atoms with E-state index in [9.17, 15) is 23.4 Å². The monoisotopic (exact) mass is 314 g/mol. The Hall–Kier alpha value is -0.510. The van der Waals surface area contributed by atoms with Crippen molar-refractivity contribution in [3.8, 4) is 0 Å². The van der Waals surface area contributed by atoms with Gasteiger partial charge in [-0.05, 0) is 0 Å². The summed E-state index contributed by atoms with van der Waals surface area (Å²) in [4.78, 5) is 5.87. The molecule has 6 atom stereocenters. The van der Waals surface area contributed by atoms with E-state index in [1.807, 2.05) is 0 Å². The molecule has 0 spiro atoms. The third-order valence-corrected chi connectivity index (χ3v) is 4.78. The molecule has 0 aromatic heterocycles. The van der Waals surface area contributed by atoms with Crippen LogP contribution in [-0.4, -0.2) is 70.3 Å². The maximum Gasteiger partial charge on any atom is 0.394 e. The van der Waals surface area contributed by atoms with Crippen LogP contribution >= 0.6 is 11.8 Å². The van der Waals surface area contributed by atoms with Gasteiger partial charge in [-0.3, -0.25) is 4.99 Å². The van der Waals surface area contributed by atoms with Crippen LogP contribution in [0.4, 0.5) is 13.2 Å². The highest BCUT2D eigenvalue weighted by Crippen LogP contribution is 2.41. The maximum atomic E-state index is 12.8. The molecule has 0 radical (unpaired) electrons. The Bertz CT molecular complexity index is 405. The minimum Gasteiger partial charge on any atom is -0.388 e. The lowest BCUT2D eigenvalue weighted by molar-refractivity contribution is -0.244. The van der Waals surface area contributed by atoms with E-state index in [0.29, 0.717) is 5.17 Å². The lowest BCUT2D eigenvalue weighted by Crippen LogP contribution is -2.58. The molecule has 0 saturated carbocycles. The number of halogens is 3. The summed E-state index contributed by atoms with van der Waals surface area (Å²) in [6.07, 6.45) is -8.96. The van der Waals surface area contributed by atoms with Gasteiger partial charge in [0.05, 0.1) is 12.0 Å². The number of ether oxygens (including phenoxy) is 1. The molecule has 1 saturated heterocycles. The van der Waals surface area contributed by atoms with Gasteiger partial charge in [-0.1, -0.05) is 18.7 Å². The van der Waals surface area contributed by atoms with Crippen molar-refractivity contribution in [3.63, 3.8) is 0 Å². The molecule has 2 aliphatic heterocycles. The van der Waals surface area contributed by atoms with Gasteiger partial charge in [0.25, 0.3) is 0 Å². The molecule has 0 aromatic carbocycles. The Kier molecular flexibility index (Phi) is 4.25. The van der Waals surface area contributed by atoms with Crippen LogP contribution in [0.2, 0.25) is 0 Å². The summed E-state index contributed by atoms with van der Waals surface area (Å²) < 4.78 is 43.7. The maximum absolute atomic E-state index is 12.8. The zero-order chi connectivity index (χ0) is 15.2. The summed E-state index contributed by atoms with van der Waals surface area (Å²) in [7, 11) is 3.48. The molecule has 9 heteroatoms. The average Bonchev–Trinajstić information content (AvgIpc) is 2.76. The van der Waals surface area contributed by atoms with Crippen molar-refractivity contribution in [3.05, 3.63) is 0 Å². The highest BCUT2D eigenvalue weighted by molar-refractivity contribution is 8.14. The Balaban J connectivity index is 2.17. The molecule has 5 nitrogen and oxygen atoms in total. The predicted molar refractivity (Wildman–Crippen MR) is 68.4 cm³/mol. The molecular formula is C11H17F3N2O3S. The topological polar surface area (TPSA) is 65.3 Å². The first kappa shape index (κ1) is 15.9. The summed E-state index contributed by atoms with van der Waals surface area (Å²) in [5.41, 5.74) is -0.708. The van der Waals surface area contributed by atoms with E-state index in [4.69, 9.17) is 4.74 Å². The van der Waals surface area contributed by atoms with Crippen LogP contribution in [0.15, 0.2) is 4.99 Å². The van der Waals surface area contributed by atoms with Gasteiger partial charge in [0, 0.05) is 14.1 Å². The number of nitrogens with zero attached hydrogens (tertiary/aromatic N) is 2. The highest BCUT2D eigenvalue weighted by atomic mass is 32.2. The van der Waals surface area contributed by atoms with E-state index < -0.39 is 41.9 Å². The van der Waals surface area contributed by atoms with Gasteiger partial charge in [-0.15, -0.1) is 0 Å². The zero-order valence-corrected chi connectivity index (χ0v) is 12.0. The minimum atomic E-state index is -4.49. The first-order valence-corrected chi connectivity index (χ1v) is 7.01. The first-order valence-electron chi connectivity index (χ1n) is 6.13. The van der Waals surface area contributed by atoms with Gasteiger partial charge in [-0.25, -0.2) is 0 Å². The van der Waals surface area contributed by atoms with Crippen molar-refractivity contribution in [1.29, 1.82) is 0 Å². The molecule has 2 heterocycles. The van der Waals surface area contributed by atoms with Crippen molar-refractivity contribution < 1.29 is 28.1 Å². The van der Waals surface area contributed by atoms with Crippen molar-refractivity contribution in [2.24, 2.45) is 10.9 Å². The standard InChI is InChI=1S/C11H17F3N2O3S/c1-4(11(12,13)14)8-7(18)6(17)5-9(19-8)20-10(15-5)16(2)3/h4-9,17-18H,1-3H3. The molecule has 0 aliphatic carbocycles. The Labute approximate surface area is 118 Å². The van der Waals surface area contributed by atoms with E-state index in [-0.39, 0.29) is 0 Å². The number of hydrogen-bond donors (Lipinski definition) is 2. The second-order valence-corrected chi connectivity index (χ2v) is 6.26. The van der Waals surface area contributed by atoms with Crippen LogP contribution in [0.25, 0.3) is 0 Å². The smallest absolute Gasteiger partial charge is 0.388 e. The minimum absolute atomic E-state index is 0.562. The number of fused-ring (bicyclic) bond motifs is 1. The van der Waals surface area contributed by atoms with Gasteiger partial charge in [0.15, 0.2) is 5.17 Å². The fourth-order valence-corrected chi connectivity index (χ4v) is 3.34.